The number of amides is 2. The number of rotatable bonds is 3. The van der Waals surface area contributed by atoms with Crippen molar-refractivity contribution in [2.75, 3.05) is 13.1 Å². The third-order valence-electron chi connectivity index (χ3n) is 3.69. The molecule has 2 amide bonds. The smallest absolute Gasteiger partial charge is 0.315 e. The molecule has 1 saturated carbocycles. The number of hydrogen-bond donors (Lipinski definition) is 3. The molecule has 0 radical (unpaired) electrons. The van der Waals surface area contributed by atoms with Crippen LogP contribution in [0.4, 0.5) is 4.79 Å². The summed E-state index contributed by atoms with van der Waals surface area (Å²) in [5, 5.41) is 9.24. The summed E-state index contributed by atoms with van der Waals surface area (Å²) in [5.74, 6) is 1.33. The second-order valence-electron chi connectivity index (χ2n) is 4.82. The molecule has 3 rings (SSSR count). The number of hydrogen-bond acceptors (Lipinski definition) is 2. The van der Waals surface area contributed by atoms with Crippen LogP contribution in [0, 0.1) is 11.8 Å². The van der Waals surface area contributed by atoms with Crippen LogP contribution in [0.15, 0.2) is 30.3 Å². The Balaban J connectivity index is 1.42. The monoisotopic (exact) mass is 231 g/mol. The van der Waals surface area contributed by atoms with Crippen molar-refractivity contribution in [3.63, 3.8) is 0 Å². The maximum Gasteiger partial charge on any atom is 0.315 e. The van der Waals surface area contributed by atoms with Gasteiger partial charge in [0.1, 0.15) is 0 Å². The molecule has 1 aromatic carbocycles. The van der Waals surface area contributed by atoms with Crippen LogP contribution in [-0.2, 0) is 6.54 Å². The highest BCUT2D eigenvalue weighted by molar-refractivity contribution is 5.74. The Hall–Kier alpha value is -1.55. The molecule has 4 heteroatoms. The van der Waals surface area contributed by atoms with Gasteiger partial charge in [0.2, 0.25) is 0 Å². The zero-order valence-electron chi connectivity index (χ0n) is 9.65. The molecule has 2 atom stereocenters. The molecular weight excluding hydrogens is 214 g/mol. The van der Waals surface area contributed by atoms with Crippen LogP contribution in [0.25, 0.3) is 0 Å². The average Bonchev–Trinajstić information content (AvgIpc) is 2.79. The molecule has 3 N–H and O–H groups in total. The van der Waals surface area contributed by atoms with Crippen molar-refractivity contribution >= 4 is 6.03 Å². The number of fused-ring (bicyclic) bond motifs is 1. The number of carbonyl (C=O) groups is 1. The van der Waals surface area contributed by atoms with Crippen molar-refractivity contribution < 1.29 is 4.79 Å². The fraction of sp³-hybridized carbons (Fsp3) is 0.462. The summed E-state index contributed by atoms with van der Waals surface area (Å²) in [6, 6.07) is 10.3. The molecule has 1 aromatic rings. The minimum absolute atomic E-state index is 0.0479. The molecule has 2 aliphatic rings. The topological polar surface area (TPSA) is 53.2 Å². The standard InChI is InChI=1S/C13H17N3O/c17-13(15-6-9-4-2-1-3-5-9)16-12-10-7-14-8-11(10)12/h1-5,10-12,14H,6-8H2,(H2,15,16,17). The summed E-state index contributed by atoms with van der Waals surface area (Å²) in [6.07, 6.45) is 0. The predicted octanol–water partition coefficient (Wildman–Crippen LogP) is 0.704. The Morgan fingerprint density at radius 1 is 1.24 bits per heavy atom. The first-order valence-corrected chi connectivity index (χ1v) is 6.13. The molecule has 2 unspecified atom stereocenters. The summed E-state index contributed by atoms with van der Waals surface area (Å²) in [4.78, 5) is 11.7. The van der Waals surface area contributed by atoms with Crippen molar-refractivity contribution in [1.82, 2.24) is 16.0 Å². The van der Waals surface area contributed by atoms with Gasteiger partial charge in [0, 0.05) is 25.7 Å². The third-order valence-corrected chi connectivity index (χ3v) is 3.69. The Morgan fingerprint density at radius 3 is 2.65 bits per heavy atom. The molecule has 1 saturated heterocycles. The molecule has 1 aliphatic heterocycles. The van der Waals surface area contributed by atoms with Gasteiger partial charge < -0.3 is 16.0 Å². The summed E-state index contributed by atoms with van der Waals surface area (Å²) < 4.78 is 0. The van der Waals surface area contributed by atoms with E-state index in [0.29, 0.717) is 24.4 Å². The molecule has 1 aliphatic carbocycles. The largest absolute Gasteiger partial charge is 0.335 e. The van der Waals surface area contributed by atoms with Gasteiger partial charge in [0.05, 0.1) is 0 Å². The minimum Gasteiger partial charge on any atom is -0.335 e. The second-order valence-corrected chi connectivity index (χ2v) is 4.82. The molecule has 0 aromatic heterocycles. The zero-order valence-corrected chi connectivity index (χ0v) is 9.65. The second kappa shape index (κ2) is 4.37. The average molecular weight is 231 g/mol. The molecule has 0 bridgehead atoms. The van der Waals surface area contributed by atoms with Gasteiger partial charge in [-0.05, 0) is 17.4 Å². The van der Waals surface area contributed by atoms with Crippen LogP contribution in [0.5, 0.6) is 0 Å². The number of nitrogens with one attached hydrogen (secondary N) is 3. The fourth-order valence-corrected chi connectivity index (χ4v) is 2.61. The fourth-order valence-electron chi connectivity index (χ4n) is 2.61. The van der Waals surface area contributed by atoms with E-state index in [4.69, 9.17) is 0 Å². The van der Waals surface area contributed by atoms with Gasteiger partial charge in [-0.2, -0.15) is 0 Å². The Bertz CT molecular complexity index is 396. The first-order valence-electron chi connectivity index (χ1n) is 6.13. The lowest BCUT2D eigenvalue weighted by molar-refractivity contribution is 0.239. The molecule has 4 nitrogen and oxygen atoms in total. The summed E-state index contributed by atoms with van der Waals surface area (Å²) >= 11 is 0. The first kappa shape index (κ1) is 10.6. The quantitative estimate of drug-likeness (QED) is 0.717. The van der Waals surface area contributed by atoms with Crippen molar-refractivity contribution in [2.24, 2.45) is 11.8 Å². The normalized spacial score (nSPS) is 29.5. The highest BCUT2D eigenvalue weighted by Gasteiger charge is 2.53. The zero-order chi connectivity index (χ0) is 11.7. The third kappa shape index (κ3) is 2.26. The lowest BCUT2D eigenvalue weighted by Gasteiger charge is -2.09. The number of piperidine rings is 1. The van der Waals surface area contributed by atoms with Gasteiger partial charge in [-0.15, -0.1) is 0 Å². The Labute approximate surface area is 101 Å². The molecule has 2 fully saturated rings. The van der Waals surface area contributed by atoms with Gasteiger partial charge in [-0.3, -0.25) is 0 Å². The molecule has 0 spiro atoms. The number of benzene rings is 1. The van der Waals surface area contributed by atoms with Crippen LogP contribution >= 0.6 is 0 Å². The van der Waals surface area contributed by atoms with Gasteiger partial charge >= 0.3 is 6.03 Å². The van der Waals surface area contributed by atoms with E-state index < -0.39 is 0 Å². The Morgan fingerprint density at radius 2 is 1.94 bits per heavy atom. The highest BCUT2D eigenvalue weighted by Crippen LogP contribution is 2.41. The van der Waals surface area contributed by atoms with E-state index in [1.165, 1.54) is 0 Å². The van der Waals surface area contributed by atoms with Crippen LogP contribution in [0.3, 0.4) is 0 Å². The van der Waals surface area contributed by atoms with Crippen molar-refractivity contribution in [1.29, 1.82) is 0 Å². The minimum atomic E-state index is -0.0479. The van der Waals surface area contributed by atoms with Crippen LogP contribution in [0.1, 0.15) is 5.56 Å². The molecular formula is C13H17N3O. The Kier molecular flexibility index (Phi) is 2.73. The summed E-state index contributed by atoms with van der Waals surface area (Å²) in [6.45, 7) is 2.69. The summed E-state index contributed by atoms with van der Waals surface area (Å²) in [5.41, 5.74) is 1.13. The number of urea groups is 1. The van der Waals surface area contributed by atoms with E-state index in [1.807, 2.05) is 30.3 Å². The van der Waals surface area contributed by atoms with E-state index in [9.17, 15) is 4.79 Å². The molecule has 1 heterocycles. The van der Waals surface area contributed by atoms with Crippen LogP contribution < -0.4 is 16.0 Å². The van der Waals surface area contributed by atoms with Gasteiger partial charge in [0.25, 0.3) is 0 Å². The van der Waals surface area contributed by atoms with E-state index in [0.717, 1.165) is 18.7 Å². The maximum atomic E-state index is 11.7. The lowest BCUT2D eigenvalue weighted by Crippen LogP contribution is -2.39. The maximum absolute atomic E-state index is 11.7. The molecule has 90 valence electrons. The SMILES string of the molecule is O=C(NCc1ccccc1)NC1C2CNCC21. The van der Waals surface area contributed by atoms with E-state index in [2.05, 4.69) is 16.0 Å². The van der Waals surface area contributed by atoms with Crippen LogP contribution in [-0.4, -0.2) is 25.2 Å². The van der Waals surface area contributed by atoms with Crippen LogP contribution in [0.2, 0.25) is 0 Å². The van der Waals surface area contributed by atoms with Gasteiger partial charge in [-0.25, -0.2) is 4.79 Å². The lowest BCUT2D eigenvalue weighted by atomic mass is 10.2. The molecule has 17 heavy (non-hydrogen) atoms. The van der Waals surface area contributed by atoms with Crippen molar-refractivity contribution in [3.05, 3.63) is 35.9 Å². The summed E-state index contributed by atoms with van der Waals surface area (Å²) in [7, 11) is 0. The van der Waals surface area contributed by atoms with E-state index >= 15 is 0 Å². The highest BCUT2D eigenvalue weighted by atomic mass is 16.2. The van der Waals surface area contributed by atoms with Gasteiger partial charge in [0.15, 0.2) is 0 Å². The van der Waals surface area contributed by atoms with Gasteiger partial charge in [-0.1, -0.05) is 30.3 Å². The van der Waals surface area contributed by atoms with E-state index in [-0.39, 0.29) is 6.03 Å². The predicted molar refractivity (Wildman–Crippen MR) is 65.5 cm³/mol. The van der Waals surface area contributed by atoms with E-state index in [1.54, 1.807) is 0 Å². The van der Waals surface area contributed by atoms with Crippen molar-refractivity contribution in [3.8, 4) is 0 Å². The first-order chi connectivity index (χ1) is 8.34. The van der Waals surface area contributed by atoms with Crippen molar-refractivity contribution in [2.45, 2.75) is 12.6 Å². The number of carbonyl (C=O) groups excluding carboxylic acids is 1.